The Morgan fingerprint density at radius 1 is 1.50 bits per heavy atom. The maximum Gasteiger partial charge on any atom is 0.233 e. The Balaban J connectivity index is 1.82. The average Bonchev–Trinajstić information content (AvgIpc) is 2.58. The molecule has 0 saturated carbocycles. The van der Waals surface area contributed by atoms with Gasteiger partial charge in [0.05, 0.1) is 6.61 Å². The van der Waals surface area contributed by atoms with Gasteiger partial charge in [0.1, 0.15) is 18.5 Å². The lowest BCUT2D eigenvalue weighted by Crippen LogP contribution is -2.25. The summed E-state index contributed by atoms with van der Waals surface area (Å²) >= 11 is 0. The minimum atomic E-state index is -0.527. The fraction of sp³-hybridized carbons (Fsp3) is 0.600. The summed E-state index contributed by atoms with van der Waals surface area (Å²) in [7, 11) is 0. The predicted octanol–water partition coefficient (Wildman–Crippen LogP) is 0.589. The first kappa shape index (κ1) is 11.1. The molecule has 1 fully saturated rings. The molecular weight excluding hydrogens is 210 g/mol. The van der Waals surface area contributed by atoms with Crippen LogP contribution in [0.25, 0.3) is 0 Å². The van der Waals surface area contributed by atoms with E-state index in [0.29, 0.717) is 24.9 Å². The molecule has 6 nitrogen and oxygen atoms in total. The molecule has 16 heavy (non-hydrogen) atoms. The number of rotatable bonds is 3. The number of hydrogen-bond acceptors (Lipinski definition) is 6. The standard InChI is InChI=1S/C10H15N3O3/c1-10(2)15-6-7(16-10)5-14-9-4-3-8(11)12-13-9/h3-4,7H,5-6H2,1-2H3,(H2,11,12)/t7-/m0/s1. The minimum absolute atomic E-state index is 0.0747. The van der Waals surface area contributed by atoms with Crippen molar-refractivity contribution in [2.24, 2.45) is 0 Å². The van der Waals surface area contributed by atoms with E-state index >= 15 is 0 Å². The summed E-state index contributed by atoms with van der Waals surface area (Å²) in [5, 5.41) is 7.47. The fourth-order valence-electron chi connectivity index (χ4n) is 1.43. The Morgan fingerprint density at radius 3 is 2.88 bits per heavy atom. The average molecular weight is 225 g/mol. The third-order valence-corrected chi connectivity index (χ3v) is 2.15. The molecule has 1 aliphatic rings. The highest BCUT2D eigenvalue weighted by Crippen LogP contribution is 2.22. The van der Waals surface area contributed by atoms with Crippen molar-refractivity contribution in [2.75, 3.05) is 18.9 Å². The second-order valence-electron chi connectivity index (χ2n) is 4.06. The molecule has 88 valence electrons. The Kier molecular flexibility index (Phi) is 2.93. The highest BCUT2D eigenvalue weighted by Gasteiger charge is 2.32. The van der Waals surface area contributed by atoms with Crippen molar-refractivity contribution in [3.05, 3.63) is 12.1 Å². The summed E-state index contributed by atoms with van der Waals surface area (Å²) < 4.78 is 16.4. The first-order valence-corrected chi connectivity index (χ1v) is 5.09. The van der Waals surface area contributed by atoms with Gasteiger partial charge in [0.2, 0.25) is 5.88 Å². The second kappa shape index (κ2) is 4.23. The van der Waals surface area contributed by atoms with Gasteiger partial charge in [-0.25, -0.2) is 0 Å². The summed E-state index contributed by atoms with van der Waals surface area (Å²) in [6, 6.07) is 3.31. The Labute approximate surface area is 93.7 Å². The zero-order valence-electron chi connectivity index (χ0n) is 9.34. The summed E-state index contributed by atoms with van der Waals surface area (Å²) in [6.45, 7) is 4.66. The topological polar surface area (TPSA) is 79.5 Å². The van der Waals surface area contributed by atoms with Gasteiger partial charge in [-0.1, -0.05) is 0 Å². The van der Waals surface area contributed by atoms with Crippen molar-refractivity contribution in [1.29, 1.82) is 0 Å². The Bertz CT molecular complexity index is 353. The van der Waals surface area contributed by atoms with E-state index in [-0.39, 0.29) is 6.10 Å². The number of ether oxygens (including phenoxy) is 3. The summed E-state index contributed by atoms with van der Waals surface area (Å²) in [5.74, 6) is 0.275. The molecule has 1 atom stereocenters. The van der Waals surface area contributed by atoms with E-state index in [9.17, 15) is 0 Å². The SMILES string of the molecule is CC1(C)OC[C@H](COc2ccc(N)nn2)O1. The van der Waals surface area contributed by atoms with E-state index in [4.69, 9.17) is 19.9 Å². The molecule has 0 aliphatic carbocycles. The van der Waals surface area contributed by atoms with Gasteiger partial charge in [-0.05, 0) is 19.9 Å². The number of nitrogens with zero attached hydrogens (tertiary/aromatic N) is 2. The molecule has 0 radical (unpaired) electrons. The minimum Gasteiger partial charge on any atom is -0.474 e. The monoisotopic (exact) mass is 225 g/mol. The lowest BCUT2D eigenvalue weighted by atomic mass is 10.4. The molecule has 1 aromatic heterocycles. The van der Waals surface area contributed by atoms with Crippen molar-refractivity contribution in [1.82, 2.24) is 10.2 Å². The van der Waals surface area contributed by atoms with Gasteiger partial charge in [0, 0.05) is 6.07 Å². The third kappa shape index (κ3) is 2.80. The van der Waals surface area contributed by atoms with Crippen molar-refractivity contribution in [3.63, 3.8) is 0 Å². The molecule has 2 rings (SSSR count). The van der Waals surface area contributed by atoms with Gasteiger partial charge in [-0.15, -0.1) is 10.2 Å². The number of aromatic nitrogens is 2. The van der Waals surface area contributed by atoms with E-state index in [1.165, 1.54) is 0 Å². The van der Waals surface area contributed by atoms with Crippen LogP contribution in [0.5, 0.6) is 5.88 Å². The lowest BCUT2D eigenvalue weighted by Gasteiger charge is -2.16. The number of anilines is 1. The molecule has 2 heterocycles. The van der Waals surface area contributed by atoms with Crippen LogP contribution in [-0.4, -0.2) is 35.3 Å². The molecule has 0 amide bonds. The van der Waals surface area contributed by atoms with E-state index in [0.717, 1.165) is 0 Å². The zero-order valence-corrected chi connectivity index (χ0v) is 9.34. The van der Waals surface area contributed by atoms with Crippen molar-refractivity contribution < 1.29 is 14.2 Å². The van der Waals surface area contributed by atoms with E-state index in [1.54, 1.807) is 12.1 Å². The molecule has 0 spiro atoms. The van der Waals surface area contributed by atoms with Gasteiger partial charge in [-0.3, -0.25) is 0 Å². The molecule has 1 aliphatic heterocycles. The molecule has 0 bridgehead atoms. The van der Waals surface area contributed by atoms with E-state index in [2.05, 4.69) is 10.2 Å². The van der Waals surface area contributed by atoms with Crippen LogP contribution in [0, 0.1) is 0 Å². The summed E-state index contributed by atoms with van der Waals surface area (Å²) in [4.78, 5) is 0. The first-order chi connectivity index (χ1) is 7.55. The molecule has 2 N–H and O–H groups in total. The molecular formula is C10H15N3O3. The lowest BCUT2D eigenvalue weighted by molar-refractivity contribution is -0.141. The Hall–Kier alpha value is -1.40. The quantitative estimate of drug-likeness (QED) is 0.811. The van der Waals surface area contributed by atoms with Crippen molar-refractivity contribution >= 4 is 5.82 Å². The summed E-state index contributed by atoms with van der Waals surface area (Å²) in [5.41, 5.74) is 5.41. The van der Waals surface area contributed by atoms with Crippen molar-refractivity contribution in [2.45, 2.75) is 25.7 Å². The summed E-state index contributed by atoms with van der Waals surface area (Å²) in [6.07, 6.45) is -0.0747. The normalized spacial score (nSPS) is 23.2. The maximum absolute atomic E-state index is 5.57. The number of nitrogen functional groups attached to an aromatic ring is 1. The van der Waals surface area contributed by atoms with E-state index in [1.807, 2.05) is 13.8 Å². The molecule has 6 heteroatoms. The second-order valence-corrected chi connectivity index (χ2v) is 4.06. The predicted molar refractivity (Wildman–Crippen MR) is 56.8 cm³/mol. The Morgan fingerprint density at radius 2 is 2.31 bits per heavy atom. The maximum atomic E-state index is 5.57. The van der Waals surface area contributed by atoms with Crippen molar-refractivity contribution in [3.8, 4) is 5.88 Å². The molecule has 1 saturated heterocycles. The third-order valence-electron chi connectivity index (χ3n) is 2.15. The molecule has 0 aromatic carbocycles. The van der Waals surface area contributed by atoms with Gasteiger partial charge in [-0.2, -0.15) is 0 Å². The smallest absolute Gasteiger partial charge is 0.233 e. The number of hydrogen-bond donors (Lipinski definition) is 1. The fourth-order valence-corrected chi connectivity index (χ4v) is 1.43. The van der Waals surface area contributed by atoms with Crippen LogP contribution in [0.4, 0.5) is 5.82 Å². The van der Waals surface area contributed by atoms with Crippen LogP contribution in [0.2, 0.25) is 0 Å². The van der Waals surface area contributed by atoms with Gasteiger partial charge in [0.15, 0.2) is 5.79 Å². The molecule has 0 unspecified atom stereocenters. The van der Waals surface area contributed by atoms with Gasteiger partial charge < -0.3 is 19.9 Å². The van der Waals surface area contributed by atoms with Crippen LogP contribution in [-0.2, 0) is 9.47 Å². The van der Waals surface area contributed by atoms with Crippen LogP contribution < -0.4 is 10.5 Å². The number of nitrogens with two attached hydrogens (primary N) is 1. The highest BCUT2D eigenvalue weighted by molar-refractivity contribution is 5.27. The van der Waals surface area contributed by atoms with Crippen LogP contribution in [0.15, 0.2) is 12.1 Å². The van der Waals surface area contributed by atoms with E-state index < -0.39 is 5.79 Å². The van der Waals surface area contributed by atoms with Crippen LogP contribution in [0.1, 0.15) is 13.8 Å². The van der Waals surface area contributed by atoms with Crippen LogP contribution in [0.3, 0.4) is 0 Å². The van der Waals surface area contributed by atoms with Crippen LogP contribution >= 0.6 is 0 Å². The zero-order chi connectivity index (χ0) is 11.6. The highest BCUT2D eigenvalue weighted by atomic mass is 16.7. The van der Waals surface area contributed by atoms with Gasteiger partial charge >= 0.3 is 0 Å². The molecule has 1 aromatic rings. The van der Waals surface area contributed by atoms with Gasteiger partial charge in [0.25, 0.3) is 0 Å². The first-order valence-electron chi connectivity index (χ1n) is 5.09. The largest absolute Gasteiger partial charge is 0.474 e.